The van der Waals surface area contributed by atoms with E-state index in [1.807, 2.05) is 22.6 Å². The van der Waals surface area contributed by atoms with Crippen LogP contribution in [0.3, 0.4) is 0 Å². The Labute approximate surface area is 131 Å². The quantitative estimate of drug-likeness (QED) is 0.438. The van der Waals surface area contributed by atoms with E-state index in [1.54, 1.807) is 0 Å². The van der Waals surface area contributed by atoms with Crippen LogP contribution in [0, 0.1) is 13.7 Å². The highest BCUT2D eigenvalue weighted by molar-refractivity contribution is 14.1. The summed E-state index contributed by atoms with van der Waals surface area (Å²) in [5.74, 6) is -0.637. The van der Waals surface area contributed by atoms with E-state index in [0.717, 1.165) is 25.2 Å². The van der Waals surface area contributed by atoms with Gasteiger partial charge in [-0.1, -0.05) is 13.8 Å². The highest BCUT2D eigenvalue weighted by Crippen LogP contribution is 2.24. The summed E-state index contributed by atoms with van der Waals surface area (Å²) in [6.45, 7) is 6.77. The van der Waals surface area contributed by atoms with E-state index in [-0.39, 0.29) is 11.3 Å². The average molecular weight is 391 g/mol. The fourth-order valence-electron chi connectivity index (χ4n) is 1.95. The maximum Gasteiger partial charge on any atom is 0.270 e. The zero-order chi connectivity index (χ0) is 15.3. The number of non-ortho nitro benzene ring substituents is 1. The molecular formula is C13H18IN3O3. The second-order valence-electron chi connectivity index (χ2n) is 4.36. The number of primary amides is 1. The summed E-state index contributed by atoms with van der Waals surface area (Å²) >= 11 is 2.03. The number of carbonyl (C=O) groups excluding carboxylic acids is 1. The van der Waals surface area contributed by atoms with Crippen LogP contribution in [0.25, 0.3) is 0 Å². The highest BCUT2D eigenvalue weighted by atomic mass is 127. The Morgan fingerprint density at radius 1 is 1.40 bits per heavy atom. The van der Waals surface area contributed by atoms with Crippen molar-refractivity contribution >= 4 is 34.2 Å². The van der Waals surface area contributed by atoms with Gasteiger partial charge < -0.3 is 10.6 Å². The zero-order valence-corrected chi connectivity index (χ0v) is 13.7. The van der Waals surface area contributed by atoms with E-state index < -0.39 is 10.8 Å². The topological polar surface area (TPSA) is 89.5 Å². The maximum absolute atomic E-state index is 11.4. The van der Waals surface area contributed by atoms with Crippen molar-refractivity contribution in [2.24, 2.45) is 5.73 Å². The number of amides is 1. The molecule has 6 nitrogen and oxygen atoms in total. The van der Waals surface area contributed by atoms with Crippen molar-refractivity contribution in [1.29, 1.82) is 0 Å². The number of likely N-dealkylation sites (N-methyl/N-ethyl adjacent to an activating group) is 1. The molecule has 2 N–H and O–H groups in total. The molecule has 0 aliphatic carbocycles. The third-order valence-electron chi connectivity index (χ3n) is 3.20. The van der Waals surface area contributed by atoms with Gasteiger partial charge in [-0.2, -0.15) is 0 Å². The van der Waals surface area contributed by atoms with Gasteiger partial charge in [0.2, 0.25) is 5.91 Å². The minimum Gasteiger partial charge on any atom is -0.366 e. The Hall–Kier alpha value is -1.22. The van der Waals surface area contributed by atoms with E-state index in [2.05, 4.69) is 18.7 Å². The molecule has 20 heavy (non-hydrogen) atoms. The lowest BCUT2D eigenvalue weighted by molar-refractivity contribution is -0.385. The predicted octanol–water partition coefficient (Wildman–Crippen LogP) is 2.18. The molecule has 0 saturated carbocycles. The molecule has 0 saturated heterocycles. The highest BCUT2D eigenvalue weighted by Gasteiger charge is 2.18. The molecule has 0 aromatic heterocycles. The van der Waals surface area contributed by atoms with Crippen molar-refractivity contribution < 1.29 is 9.72 Å². The fourth-order valence-corrected chi connectivity index (χ4v) is 2.80. The second-order valence-corrected chi connectivity index (χ2v) is 5.44. The number of hydrogen-bond donors (Lipinski definition) is 1. The van der Waals surface area contributed by atoms with Crippen molar-refractivity contribution in [3.8, 4) is 0 Å². The van der Waals surface area contributed by atoms with Crippen LogP contribution in [-0.4, -0.2) is 35.4 Å². The van der Waals surface area contributed by atoms with Crippen molar-refractivity contribution in [1.82, 2.24) is 4.90 Å². The van der Waals surface area contributed by atoms with Crippen molar-refractivity contribution in [2.75, 3.05) is 19.6 Å². The molecule has 0 unspecified atom stereocenters. The monoisotopic (exact) mass is 391 g/mol. The van der Waals surface area contributed by atoms with Gasteiger partial charge in [-0.15, -0.1) is 0 Å². The lowest BCUT2D eigenvalue weighted by Crippen LogP contribution is -2.26. The number of halogens is 1. The minimum absolute atomic E-state index is 0.0891. The van der Waals surface area contributed by atoms with Gasteiger partial charge in [0.05, 0.1) is 10.5 Å². The molecule has 0 atom stereocenters. The SMILES string of the molecule is CCN(CC)CCc1cc([N+](=O)[O-])cc(C(N)=O)c1I. The van der Waals surface area contributed by atoms with Gasteiger partial charge in [0.25, 0.3) is 5.69 Å². The molecule has 0 heterocycles. The first-order chi connectivity index (χ1) is 9.40. The summed E-state index contributed by atoms with van der Waals surface area (Å²) in [7, 11) is 0. The summed E-state index contributed by atoms with van der Waals surface area (Å²) in [4.78, 5) is 24.0. The fraction of sp³-hybridized carbons (Fsp3) is 0.462. The van der Waals surface area contributed by atoms with Crippen LogP contribution in [-0.2, 0) is 6.42 Å². The van der Waals surface area contributed by atoms with Gasteiger partial charge in [0, 0.05) is 22.2 Å². The first kappa shape index (κ1) is 16.8. The van der Waals surface area contributed by atoms with E-state index in [9.17, 15) is 14.9 Å². The molecule has 7 heteroatoms. The third kappa shape index (κ3) is 4.14. The lowest BCUT2D eigenvalue weighted by Gasteiger charge is -2.18. The van der Waals surface area contributed by atoms with E-state index >= 15 is 0 Å². The Bertz CT molecular complexity index is 516. The van der Waals surface area contributed by atoms with Gasteiger partial charge >= 0.3 is 0 Å². The molecule has 1 rings (SSSR count). The van der Waals surface area contributed by atoms with E-state index in [1.165, 1.54) is 12.1 Å². The number of nitro groups is 1. The molecule has 0 bridgehead atoms. The van der Waals surface area contributed by atoms with Crippen LogP contribution >= 0.6 is 22.6 Å². The van der Waals surface area contributed by atoms with Crippen LogP contribution < -0.4 is 5.73 Å². The number of hydrogen-bond acceptors (Lipinski definition) is 4. The number of benzene rings is 1. The maximum atomic E-state index is 11.4. The first-order valence-electron chi connectivity index (χ1n) is 6.39. The summed E-state index contributed by atoms with van der Waals surface area (Å²) in [5, 5.41) is 10.9. The standard InChI is InChI=1S/C13H18IN3O3/c1-3-16(4-2)6-5-9-7-10(17(19)20)8-11(12(9)14)13(15)18/h7-8H,3-6H2,1-2H3,(H2,15,18). The second kappa shape index (κ2) is 7.53. The molecule has 0 radical (unpaired) electrons. The van der Waals surface area contributed by atoms with Crippen molar-refractivity contribution in [3.63, 3.8) is 0 Å². The van der Waals surface area contributed by atoms with Crippen LogP contribution in [0.5, 0.6) is 0 Å². The Balaban J connectivity index is 3.11. The van der Waals surface area contributed by atoms with Gasteiger partial charge in [-0.25, -0.2) is 0 Å². The largest absolute Gasteiger partial charge is 0.366 e. The molecule has 110 valence electrons. The molecule has 1 aromatic rings. The predicted molar refractivity (Wildman–Crippen MR) is 85.8 cm³/mol. The minimum atomic E-state index is -0.637. The lowest BCUT2D eigenvalue weighted by atomic mass is 10.1. The number of nitrogens with zero attached hydrogens (tertiary/aromatic N) is 2. The summed E-state index contributed by atoms with van der Waals surface area (Å²) in [5.41, 5.74) is 6.20. The van der Waals surface area contributed by atoms with Crippen LogP contribution in [0.2, 0.25) is 0 Å². The zero-order valence-electron chi connectivity index (χ0n) is 11.6. The average Bonchev–Trinajstić information content (AvgIpc) is 2.40. The summed E-state index contributed by atoms with van der Waals surface area (Å²) in [6, 6.07) is 2.77. The Morgan fingerprint density at radius 3 is 2.45 bits per heavy atom. The van der Waals surface area contributed by atoms with Crippen molar-refractivity contribution in [3.05, 3.63) is 36.9 Å². The van der Waals surface area contributed by atoms with Crippen molar-refractivity contribution in [2.45, 2.75) is 20.3 Å². The smallest absolute Gasteiger partial charge is 0.270 e. The van der Waals surface area contributed by atoms with Gasteiger partial charge in [-0.3, -0.25) is 14.9 Å². The van der Waals surface area contributed by atoms with Gasteiger partial charge in [-0.05, 0) is 47.7 Å². The van der Waals surface area contributed by atoms with Gasteiger partial charge in [0.15, 0.2) is 0 Å². The number of nitro benzene ring substituents is 1. The van der Waals surface area contributed by atoms with Crippen LogP contribution in [0.1, 0.15) is 29.8 Å². The van der Waals surface area contributed by atoms with Gasteiger partial charge in [0.1, 0.15) is 0 Å². The number of rotatable bonds is 7. The number of nitrogens with two attached hydrogens (primary N) is 1. The normalized spacial score (nSPS) is 10.8. The summed E-state index contributed by atoms with van der Waals surface area (Å²) < 4.78 is 0.702. The Kier molecular flexibility index (Phi) is 6.34. The molecule has 0 spiro atoms. The number of carbonyl (C=O) groups is 1. The van der Waals surface area contributed by atoms with Crippen LogP contribution in [0.15, 0.2) is 12.1 Å². The Morgan fingerprint density at radius 2 is 2.00 bits per heavy atom. The molecule has 0 aliphatic rings. The molecule has 1 aromatic carbocycles. The first-order valence-corrected chi connectivity index (χ1v) is 7.47. The van der Waals surface area contributed by atoms with E-state index in [0.29, 0.717) is 9.99 Å². The van der Waals surface area contributed by atoms with E-state index in [4.69, 9.17) is 5.73 Å². The van der Waals surface area contributed by atoms with Crippen LogP contribution in [0.4, 0.5) is 5.69 Å². The molecule has 1 amide bonds. The third-order valence-corrected chi connectivity index (χ3v) is 4.47. The molecule has 0 aliphatic heterocycles. The molecular weight excluding hydrogens is 373 g/mol. The molecule has 0 fully saturated rings. The summed E-state index contributed by atoms with van der Waals surface area (Å²) in [6.07, 6.45) is 0.655.